The lowest BCUT2D eigenvalue weighted by Crippen LogP contribution is -2.26. The highest BCUT2D eigenvalue weighted by molar-refractivity contribution is 5.85. The van der Waals surface area contributed by atoms with Crippen LogP contribution in [0, 0.1) is 21.4 Å². The van der Waals surface area contributed by atoms with E-state index in [1.165, 1.54) is 12.1 Å². The fraction of sp³-hybridized carbons (Fsp3) is 0.364. The average Bonchev–Trinajstić information content (AvgIpc) is 2.74. The molecule has 2 N–H and O–H groups in total. The summed E-state index contributed by atoms with van der Waals surface area (Å²) in [6, 6.07) is 6.44. The third-order valence-corrected chi connectivity index (χ3v) is 2.88. The molecule has 1 heterocycles. The maximum atomic E-state index is 10.6. The largest absolute Gasteiger partial charge is 0.369 e. The molecule has 1 fully saturated rings. The van der Waals surface area contributed by atoms with Gasteiger partial charge in [-0.05, 0) is 12.5 Å². The standard InChI is InChI=1S/C11H12N4O2.ClH/c12-6-8-5-10(15(16)17)1-2-11(8)14-4-3-9(13)7-14;/h1-2,5,9H,3-4,7,13H2;1H/t9-;/m0./s1. The van der Waals surface area contributed by atoms with Crippen LogP contribution in [0.1, 0.15) is 12.0 Å². The van der Waals surface area contributed by atoms with Crippen molar-refractivity contribution in [1.82, 2.24) is 0 Å². The molecule has 18 heavy (non-hydrogen) atoms. The van der Waals surface area contributed by atoms with E-state index < -0.39 is 4.92 Å². The first-order valence-corrected chi connectivity index (χ1v) is 5.31. The van der Waals surface area contributed by atoms with Crippen molar-refractivity contribution in [3.8, 4) is 6.07 Å². The van der Waals surface area contributed by atoms with Gasteiger partial charge in [-0.25, -0.2) is 0 Å². The number of rotatable bonds is 2. The SMILES string of the molecule is Cl.N#Cc1cc([N+](=O)[O-])ccc1N1CC[C@H](N)C1. The smallest absolute Gasteiger partial charge is 0.270 e. The molecule has 1 aliphatic heterocycles. The molecule has 7 heteroatoms. The average molecular weight is 269 g/mol. The van der Waals surface area contributed by atoms with Crippen molar-refractivity contribution in [1.29, 1.82) is 5.26 Å². The predicted molar refractivity (Wildman–Crippen MR) is 69.9 cm³/mol. The molecule has 1 aromatic carbocycles. The van der Waals surface area contributed by atoms with Crippen molar-refractivity contribution >= 4 is 23.8 Å². The van der Waals surface area contributed by atoms with Crippen molar-refractivity contribution in [2.24, 2.45) is 5.73 Å². The van der Waals surface area contributed by atoms with Crippen LogP contribution in [0.15, 0.2) is 18.2 Å². The van der Waals surface area contributed by atoms with Crippen LogP contribution in [0.3, 0.4) is 0 Å². The minimum atomic E-state index is -0.500. The Morgan fingerprint density at radius 2 is 2.28 bits per heavy atom. The van der Waals surface area contributed by atoms with E-state index in [4.69, 9.17) is 11.0 Å². The Kier molecular flexibility index (Phi) is 4.48. The number of halogens is 1. The Labute approximate surface area is 111 Å². The van der Waals surface area contributed by atoms with Gasteiger partial charge in [-0.15, -0.1) is 12.4 Å². The summed E-state index contributed by atoms with van der Waals surface area (Å²) >= 11 is 0. The zero-order valence-electron chi connectivity index (χ0n) is 9.57. The Morgan fingerprint density at radius 3 is 2.78 bits per heavy atom. The van der Waals surface area contributed by atoms with Gasteiger partial charge < -0.3 is 10.6 Å². The summed E-state index contributed by atoms with van der Waals surface area (Å²) in [5.74, 6) is 0. The van der Waals surface area contributed by atoms with Crippen LogP contribution in [0.5, 0.6) is 0 Å². The lowest BCUT2D eigenvalue weighted by Gasteiger charge is -2.18. The number of nitro benzene ring substituents is 1. The molecule has 0 spiro atoms. The normalized spacial score (nSPS) is 18.0. The third kappa shape index (κ3) is 2.70. The van der Waals surface area contributed by atoms with Gasteiger partial charge in [-0.2, -0.15) is 5.26 Å². The number of nitro groups is 1. The van der Waals surface area contributed by atoms with E-state index >= 15 is 0 Å². The molecule has 1 aliphatic rings. The van der Waals surface area contributed by atoms with Gasteiger partial charge in [0.25, 0.3) is 5.69 Å². The van der Waals surface area contributed by atoms with Crippen LogP contribution in [-0.2, 0) is 0 Å². The Morgan fingerprint density at radius 1 is 1.56 bits per heavy atom. The monoisotopic (exact) mass is 268 g/mol. The lowest BCUT2D eigenvalue weighted by molar-refractivity contribution is -0.384. The quantitative estimate of drug-likeness (QED) is 0.646. The Bertz CT molecular complexity index is 500. The summed E-state index contributed by atoms with van der Waals surface area (Å²) in [7, 11) is 0. The van der Waals surface area contributed by atoms with Gasteiger partial charge in [0.1, 0.15) is 6.07 Å². The Balaban J connectivity index is 0.00000162. The molecule has 6 nitrogen and oxygen atoms in total. The highest BCUT2D eigenvalue weighted by atomic mass is 35.5. The molecule has 2 rings (SSSR count). The fourth-order valence-electron chi connectivity index (χ4n) is 2.01. The van der Waals surface area contributed by atoms with E-state index in [0.29, 0.717) is 12.1 Å². The van der Waals surface area contributed by atoms with Crippen LogP contribution in [0.25, 0.3) is 0 Å². The van der Waals surface area contributed by atoms with E-state index in [9.17, 15) is 10.1 Å². The molecule has 0 aliphatic carbocycles. The molecule has 0 radical (unpaired) electrons. The number of benzene rings is 1. The topological polar surface area (TPSA) is 96.2 Å². The minimum Gasteiger partial charge on any atom is -0.369 e. The number of anilines is 1. The number of nitrogens with two attached hydrogens (primary N) is 1. The fourth-order valence-corrected chi connectivity index (χ4v) is 2.01. The molecule has 0 bridgehead atoms. The molecule has 1 saturated heterocycles. The molecule has 0 aromatic heterocycles. The van der Waals surface area contributed by atoms with Gasteiger partial charge in [0.05, 0.1) is 16.2 Å². The summed E-state index contributed by atoms with van der Waals surface area (Å²) in [4.78, 5) is 12.1. The first-order chi connectivity index (χ1) is 8.11. The van der Waals surface area contributed by atoms with Gasteiger partial charge in [0.15, 0.2) is 0 Å². The van der Waals surface area contributed by atoms with E-state index in [2.05, 4.69) is 0 Å². The van der Waals surface area contributed by atoms with Crippen LogP contribution in [0.4, 0.5) is 11.4 Å². The van der Waals surface area contributed by atoms with Crippen LogP contribution >= 0.6 is 12.4 Å². The lowest BCUT2D eigenvalue weighted by atomic mass is 10.1. The van der Waals surface area contributed by atoms with Crippen LogP contribution in [-0.4, -0.2) is 24.1 Å². The van der Waals surface area contributed by atoms with E-state index in [0.717, 1.165) is 18.7 Å². The van der Waals surface area contributed by atoms with Crippen molar-refractivity contribution in [2.75, 3.05) is 18.0 Å². The molecule has 96 valence electrons. The summed E-state index contributed by atoms with van der Waals surface area (Å²) in [6.07, 6.45) is 0.877. The number of hydrogen-bond acceptors (Lipinski definition) is 5. The van der Waals surface area contributed by atoms with Crippen molar-refractivity contribution in [3.63, 3.8) is 0 Å². The Hall–Kier alpha value is -1.84. The van der Waals surface area contributed by atoms with E-state index in [-0.39, 0.29) is 24.1 Å². The van der Waals surface area contributed by atoms with Gasteiger partial charge in [0.2, 0.25) is 0 Å². The number of hydrogen-bond donors (Lipinski definition) is 1. The summed E-state index contributed by atoms with van der Waals surface area (Å²) in [5.41, 5.74) is 6.79. The first kappa shape index (κ1) is 14.2. The summed E-state index contributed by atoms with van der Waals surface area (Å²) in [5, 5.41) is 19.6. The van der Waals surface area contributed by atoms with Crippen LogP contribution in [0.2, 0.25) is 0 Å². The van der Waals surface area contributed by atoms with E-state index in [1.54, 1.807) is 6.07 Å². The van der Waals surface area contributed by atoms with Crippen LogP contribution < -0.4 is 10.6 Å². The van der Waals surface area contributed by atoms with Gasteiger partial charge >= 0.3 is 0 Å². The second-order valence-electron chi connectivity index (χ2n) is 4.07. The summed E-state index contributed by atoms with van der Waals surface area (Å²) in [6.45, 7) is 1.47. The van der Waals surface area contributed by atoms with E-state index in [1.807, 2.05) is 11.0 Å². The molecular weight excluding hydrogens is 256 g/mol. The summed E-state index contributed by atoms with van der Waals surface area (Å²) < 4.78 is 0. The first-order valence-electron chi connectivity index (χ1n) is 5.31. The zero-order valence-corrected chi connectivity index (χ0v) is 10.4. The number of non-ortho nitro benzene ring substituents is 1. The molecule has 0 amide bonds. The number of nitriles is 1. The minimum absolute atomic E-state index is 0. The second kappa shape index (κ2) is 5.67. The highest BCUT2D eigenvalue weighted by Gasteiger charge is 2.22. The number of nitrogens with zero attached hydrogens (tertiary/aromatic N) is 3. The van der Waals surface area contributed by atoms with Crippen molar-refractivity contribution in [2.45, 2.75) is 12.5 Å². The van der Waals surface area contributed by atoms with Gasteiger partial charge in [-0.3, -0.25) is 10.1 Å². The van der Waals surface area contributed by atoms with Gasteiger partial charge in [-0.1, -0.05) is 0 Å². The zero-order chi connectivity index (χ0) is 12.4. The predicted octanol–water partition coefficient (Wildman–Crippen LogP) is 1.43. The van der Waals surface area contributed by atoms with Crippen molar-refractivity contribution in [3.05, 3.63) is 33.9 Å². The molecule has 1 atom stereocenters. The maximum absolute atomic E-state index is 10.6. The molecular formula is C11H13ClN4O2. The maximum Gasteiger partial charge on any atom is 0.270 e. The highest BCUT2D eigenvalue weighted by Crippen LogP contribution is 2.27. The molecule has 0 unspecified atom stereocenters. The molecule has 1 aromatic rings. The second-order valence-corrected chi connectivity index (χ2v) is 4.07. The molecule has 0 saturated carbocycles. The van der Waals surface area contributed by atoms with Crippen molar-refractivity contribution < 1.29 is 4.92 Å². The van der Waals surface area contributed by atoms with Gasteiger partial charge in [0, 0.05) is 31.3 Å². The third-order valence-electron chi connectivity index (χ3n) is 2.88.